The van der Waals surface area contributed by atoms with Crippen molar-refractivity contribution >= 4 is 0 Å². The third-order valence-corrected chi connectivity index (χ3v) is 5.32. The highest BCUT2D eigenvalue weighted by atomic mass is 16.5. The fourth-order valence-electron chi connectivity index (χ4n) is 3.40. The normalized spacial score (nSPS) is 17.6. The van der Waals surface area contributed by atoms with Gasteiger partial charge in [0.25, 0.3) is 0 Å². The molecule has 0 heterocycles. The van der Waals surface area contributed by atoms with Crippen molar-refractivity contribution < 1.29 is 28.4 Å². The fraction of sp³-hybridized carbons (Fsp3) is 0.481. The highest BCUT2D eigenvalue weighted by Gasteiger charge is 2.18. The average Bonchev–Trinajstić information content (AvgIpc) is 2.85. The maximum atomic E-state index is 6.22. The van der Waals surface area contributed by atoms with E-state index in [1.807, 2.05) is 37.3 Å². The first-order valence-electron chi connectivity index (χ1n) is 11.3. The van der Waals surface area contributed by atoms with Gasteiger partial charge in [0, 0.05) is 24.5 Å². The largest absolute Gasteiger partial charge is 0.501 e. The quantitative estimate of drug-likeness (QED) is 0.269. The molecule has 0 aliphatic heterocycles. The standard InChI is InChI=1S/C27H38O6/c1-8-21-11-26(32-17-19(2)9-23(29-5)10-20(3)28-4)16-27(12-21)33-18-22-13-24(30-6)15-25(14-22)31-7/h9-15,19,26H,8,16-18H2,1-7H3/b20-10+,23-9+/t19-,26+/m1/s1. The molecule has 0 bridgehead atoms. The molecule has 1 aromatic carbocycles. The van der Waals surface area contributed by atoms with Gasteiger partial charge < -0.3 is 28.4 Å². The molecule has 0 amide bonds. The lowest BCUT2D eigenvalue weighted by Gasteiger charge is -2.23. The molecule has 1 aliphatic rings. The topological polar surface area (TPSA) is 55.4 Å². The van der Waals surface area contributed by atoms with Gasteiger partial charge in [0.1, 0.15) is 23.9 Å². The van der Waals surface area contributed by atoms with Crippen molar-refractivity contribution in [3.63, 3.8) is 0 Å². The SMILES string of the molecule is CCC1=C[C@H](OC[C@H](C)/C=C(\C=C(/C)OC)OC)CC(OCc2cc(OC)cc(OC)c2)=C1. The minimum Gasteiger partial charge on any atom is -0.501 e. The monoisotopic (exact) mass is 458 g/mol. The van der Waals surface area contributed by atoms with E-state index in [1.165, 1.54) is 5.57 Å². The molecule has 0 aromatic heterocycles. The van der Waals surface area contributed by atoms with Crippen molar-refractivity contribution in [2.24, 2.45) is 5.92 Å². The van der Waals surface area contributed by atoms with Crippen LogP contribution in [0.1, 0.15) is 39.2 Å². The summed E-state index contributed by atoms with van der Waals surface area (Å²) in [6, 6.07) is 5.76. The Labute approximate surface area is 198 Å². The van der Waals surface area contributed by atoms with E-state index in [0.717, 1.165) is 40.8 Å². The van der Waals surface area contributed by atoms with E-state index in [-0.39, 0.29) is 12.0 Å². The molecule has 0 radical (unpaired) electrons. The van der Waals surface area contributed by atoms with Crippen molar-refractivity contribution in [3.8, 4) is 11.5 Å². The Morgan fingerprint density at radius 2 is 1.76 bits per heavy atom. The number of rotatable bonds is 13. The van der Waals surface area contributed by atoms with Crippen molar-refractivity contribution in [1.29, 1.82) is 0 Å². The summed E-state index contributed by atoms with van der Waals surface area (Å²) in [4.78, 5) is 0. The molecule has 0 fully saturated rings. The number of hydrogen-bond acceptors (Lipinski definition) is 6. The molecule has 0 N–H and O–H groups in total. The van der Waals surface area contributed by atoms with E-state index >= 15 is 0 Å². The molecule has 0 saturated carbocycles. The number of hydrogen-bond donors (Lipinski definition) is 0. The van der Waals surface area contributed by atoms with Gasteiger partial charge in [0.05, 0.1) is 52.7 Å². The van der Waals surface area contributed by atoms with Gasteiger partial charge in [-0.3, -0.25) is 0 Å². The van der Waals surface area contributed by atoms with Crippen LogP contribution in [0, 0.1) is 5.92 Å². The molecule has 0 unspecified atom stereocenters. The molecule has 1 aliphatic carbocycles. The summed E-state index contributed by atoms with van der Waals surface area (Å²) in [6.07, 6.45) is 9.79. The number of allylic oxidation sites excluding steroid dienone is 4. The number of ether oxygens (including phenoxy) is 6. The lowest BCUT2D eigenvalue weighted by atomic mass is 10.0. The highest BCUT2D eigenvalue weighted by molar-refractivity contribution is 5.38. The molecule has 6 heteroatoms. The van der Waals surface area contributed by atoms with Gasteiger partial charge in [-0.2, -0.15) is 0 Å². The van der Waals surface area contributed by atoms with Crippen LogP contribution >= 0.6 is 0 Å². The molecule has 2 rings (SSSR count). The van der Waals surface area contributed by atoms with Crippen molar-refractivity contribution in [2.45, 2.75) is 46.3 Å². The third kappa shape index (κ3) is 8.89. The van der Waals surface area contributed by atoms with E-state index in [1.54, 1.807) is 28.4 Å². The van der Waals surface area contributed by atoms with E-state index in [4.69, 9.17) is 28.4 Å². The summed E-state index contributed by atoms with van der Waals surface area (Å²) in [5.74, 6) is 4.14. The smallest absolute Gasteiger partial charge is 0.122 e. The van der Waals surface area contributed by atoms with Crippen LogP contribution in [0.25, 0.3) is 0 Å². The van der Waals surface area contributed by atoms with Gasteiger partial charge in [-0.05, 0) is 48.8 Å². The first kappa shape index (κ1) is 26.4. The van der Waals surface area contributed by atoms with Crippen molar-refractivity contribution in [1.82, 2.24) is 0 Å². The van der Waals surface area contributed by atoms with Gasteiger partial charge in [0.2, 0.25) is 0 Å². The second kappa shape index (κ2) is 13.6. The van der Waals surface area contributed by atoms with Crippen LogP contribution in [0.4, 0.5) is 0 Å². The molecule has 182 valence electrons. The summed E-state index contributed by atoms with van der Waals surface area (Å²) in [5, 5.41) is 0. The average molecular weight is 459 g/mol. The van der Waals surface area contributed by atoms with Crippen LogP contribution in [0.3, 0.4) is 0 Å². The summed E-state index contributed by atoms with van der Waals surface area (Å²) >= 11 is 0. The summed E-state index contributed by atoms with van der Waals surface area (Å²) in [5.41, 5.74) is 2.20. The predicted molar refractivity (Wildman–Crippen MR) is 130 cm³/mol. The maximum Gasteiger partial charge on any atom is 0.122 e. The second-order valence-corrected chi connectivity index (χ2v) is 8.00. The van der Waals surface area contributed by atoms with E-state index < -0.39 is 0 Å². The minimum atomic E-state index is -0.0297. The Morgan fingerprint density at radius 1 is 1.06 bits per heavy atom. The minimum absolute atomic E-state index is 0.0297. The second-order valence-electron chi connectivity index (χ2n) is 8.00. The Balaban J connectivity index is 1.98. The zero-order chi connectivity index (χ0) is 24.2. The number of methoxy groups -OCH3 is 4. The highest BCUT2D eigenvalue weighted by Crippen LogP contribution is 2.27. The Bertz CT molecular complexity index is 858. The molecule has 33 heavy (non-hydrogen) atoms. The Hall–Kier alpha value is -2.86. The van der Waals surface area contributed by atoms with Gasteiger partial charge in [-0.25, -0.2) is 0 Å². The van der Waals surface area contributed by atoms with Crippen LogP contribution in [0.5, 0.6) is 11.5 Å². The first-order chi connectivity index (χ1) is 15.9. The molecule has 1 aromatic rings. The maximum absolute atomic E-state index is 6.22. The van der Waals surface area contributed by atoms with Gasteiger partial charge in [0.15, 0.2) is 0 Å². The van der Waals surface area contributed by atoms with Crippen molar-refractivity contribution in [3.05, 3.63) is 70.9 Å². The molecular weight excluding hydrogens is 420 g/mol. The van der Waals surface area contributed by atoms with E-state index in [0.29, 0.717) is 19.6 Å². The van der Waals surface area contributed by atoms with Crippen LogP contribution in [0.15, 0.2) is 65.4 Å². The summed E-state index contributed by atoms with van der Waals surface area (Å²) in [6.45, 7) is 7.14. The fourth-order valence-corrected chi connectivity index (χ4v) is 3.40. The number of benzene rings is 1. The lowest BCUT2D eigenvalue weighted by Crippen LogP contribution is -2.19. The van der Waals surface area contributed by atoms with Crippen LogP contribution in [0.2, 0.25) is 0 Å². The Morgan fingerprint density at radius 3 is 2.33 bits per heavy atom. The van der Waals surface area contributed by atoms with Crippen LogP contribution in [-0.2, 0) is 25.6 Å². The van der Waals surface area contributed by atoms with Crippen LogP contribution in [-0.4, -0.2) is 41.2 Å². The summed E-state index contributed by atoms with van der Waals surface area (Å²) < 4.78 is 33.7. The lowest BCUT2D eigenvalue weighted by molar-refractivity contribution is 0.0535. The Kier molecular flexibility index (Phi) is 10.9. The van der Waals surface area contributed by atoms with Gasteiger partial charge >= 0.3 is 0 Å². The van der Waals surface area contributed by atoms with E-state index in [2.05, 4.69) is 26.0 Å². The zero-order valence-corrected chi connectivity index (χ0v) is 21.0. The van der Waals surface area contributed by atoms with Crippen molar-refractivity contribution in [2.75, 3.05) is 35.0 Å². The third-order valence-electron chi connectivity index (χ3n) is 5.32. The molecule has 2 atom stereocenters. The predicted octanol–water partition coefficient (Wildman–Crippen LogP) is 5.95. The summed E-state index contributed by atoms with van der Waals surface area (Å²) in [7, 11) is 6.58. The zero-order valence-electron chi connectivity index (χ0n) is 21.0. The molecule has 0 spiro atoms. The molecule has 0 saturated heterocycles. The van der Waals surface area contributed by atoms with Gasteiger partial charge in [-0.1, -0.05) is 19.9 Å². The van der Waals surface area contributed by atoms with E-state index in [9.17, 15) is 0 Å². The first-order valence-corrected chi connectivity index (χ1v) is 11.3. The van der Waals surface area contributed by atoms with Gasteiger partial charge in [-0.15, -0.1) is 0 Å². The molecule has 6 nitrogen and oxygen atoms in total. The van der Waals surface area contributed by atoms with Crippen LogP contribution < -0.4 is 9.47 Å². The molecular formula is C27H38O6.